The third-order valence-corrected chi connectivity index (χ3v) is 7.40. The average molecular weight is 480 g/mol. The predicted octanol–water partition coefficient (Wildman–Crippen LogP) is 2.19. The van der Waals surface area contributed by atoms with Crippen LogP contribution in [-0.4, -0.2) is 69.0 Å². The summed E-state index contributed by atoms with van der Waals surface area (Å²) in [7, 11) is 1.42. The normalized spacial score (nSPS) is 20.3. The van der Waals surface area contributed by atoms with E-state index in [4.69, 9.17) is 15.5 Å². The minimum Gasteiger partial charge on any atom is -0.452 e. The molecule has 0 spiro atoms. The van der Waals surface area contributed by atoms with Crippen LogP contribution < -0.4 is 10.6 Å². The molecule has 0 unspecified atom stereocenters. The van der Waals surface area contributed by atoms with Gasteiger partial charge >= 0.3 is 6.09 Å². The number of carbonyl (C=O) groups excluding carboxylic acids is 2. The number of primary amides is 1. The number of imidazole rings is 1. The fraction of sp³-hybridized carbons (Fsp3) is 0.520. The highest BCUT2D eigenvalue weighted by molar-refractivity contribution is 5.95. The van der Waals surface area contributed by atoms with E-state index in [1.54, 1.807) is 11.1 Å². The van der Waals surface area contributed by atoms with Gasteiger partial charge in [-0.05, 0) is 50.9 Å². The van der Waals surface area contributed by atoms with Gasteiger partial charge in [-0.2, -0.15) is 5.10 Å². The van der Waals surface area contributed by atoms with Crippen LogP contribution in [0.25, 0.3) is 11.0 Å². The maximum atomic E-state index is 12.5. The Morgan fingerprint density at radius 1 is 1.20 bits per heavy atom. The van der Waals surface area contributed by atoms with Crippen molar-refractivity contribution in [3.63, 3.8) is 0 Å². The molecule has 2 aliphatic rings. The van der Waals surface area contributed by atoms with Gasteiger partial charge in [-0.15, -0.1) is 0 Å². The molecule has 10 heteroatoms. The molecule has 186 valence electrons. The molecule has 2 amide bonds. The van der Waals surface area contributed by atoms with Crippen molar-refractivity contribution in [3.05, 3.63) is 42.0 Å². The lowest BCUT2D eigenvalue weighted by atomic mass is 9.96. The van der Waals surface area contributed by atoms with Crippen molar-refractivity contribution in [3.8, 4) is 0 Å². The molecule has 1 fully saturated rings. The van der Waals surface area contributed by atoms with Crippen molar-refractivity contribution in [2.75, 3.05) is 31.6 Å². The summed E-state index contributed by atoms with van der Waals surface area (Å²) in [6, 6.07) is 6.09. The van der Waals surface area contributed by atoms with Crippen LogP contribution in [0.3, 0.4) is 0 Å². The fourth-order valence-electron chi connectivity index (χ4n) is 5.45. The molecule has 0 bridgehead atoms. The molecule has 2 aromatic heterocycles. The summed E-state index contributed by atoms with van der Waals surface area (Å²) in [5.41, 5.74) is 9.54. The summed E-state index contributed by atoms with van der Waals surface area (Å²) in [4.78, 5) is 33.3. The summed E-state index contributed by atoms with van der Waals surface area (Å²) < 4.78 is 9.28. The van der Waals surface area contributed by atoms with Crippen molar-refractivity contribution >= 4 is 28.7 Å². The zero-order valence-electron chi connectivity index (χ0n) is 20.4. The van der Waals surface area contributed by atoms with E-state index in [2.05, 4.69) is 20.6 Å². The van der Waals surface area contributed by atoms with Crippen molar-refractivity contribution in [1.82, 2.24) is 24.2 Å². The summed E-state index contributed by atoms with van der Waals surface area (Å²) in [6.45, 7) is 5.97. The maximum Gasteiger partial charge on any atom is 0.414 e. The number of aryl methyl sites for hydroxylation is 3. The Morgan fingerprint density at radius 2 is 2.06 bits per heavy atom. The lowest BCUT2D eigenvalue weighted by Gasteiger charge is -2.34. The van der Waals surface area contributed by atoms with Crippen LogP contribution in [0.15, 0.2) is 30.6 Å². The molecule has 1 aromatic carbocycles. The molecule has 1 saturated heterocycles. The number of nitrogens with two attached hydrogens (primary N) is 1. The Morgan fingerprint density at radius 3 is 2.77 bits per heavy atom. The van der Waals surface area contributed by atoms with Crippen LogP contribution in [0.5, 0.6) is 0 Å². The van der Waals surface area contributed by atoms with Crippen LogP contribution in [0.1, 0.15) is 31.2 Å². The van der Waals surface area contributed by atoms with Crippen molar-refractivity contribution in [1.29, 1.82) is 0 Å². The van der Waals surface area contributed by atoms with Crippen molar-refractivity contribution in [2.24, 2.45) is 11.7 Å². The minimum absolute atomic E-state index is 0.0628. The Labute approximate surface area is 204 Å². The van der Waals surface area contributed by atoms with Crippen molar-refractivity contribution < 1.29 is 14.3 Å². The third-order valence-electron chi connectivity index (χ3n) is 7.40. The van der Waals surface area contributed by atoms with Gasteiger partial charge in [-0.3, -0.25) is 14.4 Å². The van der Waals surface area contributed by atoms with Gasteiger partial charge < -0.3 is 19.9 Å². The number of hydrogen-bond donors (Lipinski definition) is 1. The van der Waals surface area contributed by atoms with E-state index in [0.717, 1.165) is 80.0 Å². The lowest BCUT2D eigenvalue weighted by Crippen LogP contribution is -2.42. The van der Waals surface area contributed by atoms with Gasteiger partial charge in [0.2, 0.25) is 5.91 Å². The van der Waals surface area contributed by atoms with Crippen LogP contribution in [0.4, 0.5) is 10.5 Å². The van der Waals surface area contributed by atoms with Crippen LogP contribution >= 0.6 is 0 Å². The molecule has 2 aliphatic heterocycles. The number of likely N-dealkylation sites (tertiary alicyclic amines) is 1. The van der Waals surface area contributed by atoms with E-state index >= 15 is 0 Å². The fourth-order valence-corrected chi connectivity index (χ4v) is 5.45. The van der Waals surface area contributed by atoms with E-state index in [1.807, 2.05) is 29.9 Å². The van der Waals surface area contributed by atoms with Gasteiger partial charge in [0.05, 0.1) is 29.7 Å². The quantitative estimate of drug-likeness (QED) is 0.556. The number of fused-ring (bicyclic) bond motifs is 3. The number of benzene rings is 1. The molecule has 4 heterocycles. The van der Waals surface area contributed by atoms with Gasteiger partial charge in [-0.25, -0.2) is 9.78 Å². The second-order valence-corrected chi connectivity index (χ2v) is 9.55. The number of nitrogens with zero attached hydrogens (tertiary/aromatic N) is 6. The number of amides is 2. The van der Waals surface area contributed by atoms with Gasteiger partial charge in [0.1, 0.15) is 5.82 Å². The molecule has 10 nitrogen and oxygen atoms in total. The highest BCUT2D eigenvalue weighted by Crippen LogP contribution is 2.36. The van der Waals surface area contributed by atoms with Crippen LogP contribution in [0, 0.1) is 5.92 Å². The largest absolute Gasteiger partial charge is 0.452 e. The highest BCUT2D eigenvalue weighted by Gasteiger charge is 2.32. The molecule has 35 heavy (non-hydrogen) atoms. The molecule has 2 N–H and O–H groups in total. The Kier molecular flexibility index (Phi) is 6.46. The second kappa shape index (κ2) is 9.69. The number of methoxy groups -OCH3 is 1. The predicted molar refractivity (Wildman–Crippen MR) is 132 cm³/mol. The van der Waals surface area contributed by atoms with E-state index in [-0.39, 0.29) is 24.0 Å². The Hall–Kier alpha value is -3.40. The molecule has 5 rings (SSSR count). The van der Waals surface area contributed by atoms with Gasteiger partial charge in [0.25, 0.3) is 0 Å². The smallest absolute Gasteiger partial charge is 0.414 e. The van der Waals surface area contributed by atoms with E-state index in [9.17, 15) is 9.59 Å². The van der Waals surface area contributed by atoms with Gasteiger partial charge in [0, 0.05) is 56.6 Å². The topological polar surface area (TPSA) is 112 Å². The first kappa shape index (κ1) is 23.3. The summed E-state index contributed by atoms with van der Waals surface area (Å²) in [5, 5.41) is 4.34. The number of anilines is 1. The highest BCUT2D eigenvalue weighted by atomic mass is 16.5. The second-order valence-electron chi connectivity index (χ2n) is 9.55. The number of hydrogen-bond acceptors (Lipinski definition) is 6. The first-order valence-corrected chi connectivity index (χ1v) is 12.3. The third kappa shape index (κ3) is 4.50. The maximum absolute atomic E-state index is 12.5. The lowest BCUT2D eigenvalue weighted by molar-refractivity contribution is -0.121. The van der Waals surface area contributed by atoms with E-state index in [0.29, 0.717) is 6.54 Å². The summed E-state index contributed by atoms with van der Waals surface area (Å²) in [6.07, 6.45) is 6.69. The first-order chi connectivity index (χ1) is 17.0. The molecular weight excluding hydrogens is 446 g/mol. The number of aromatic nitrogens is 4. The zero-order chi connectivity index (χ0) is 24.5. The molecule has 0 radical (unpaired) electrons. The minimum atomic E-state index is -0.339. The van der Waals surface area contributed by atoms with Crippen molar-refractivity contribution in [2.45, 2.75) is 51.7 Å². The van der Waals surface area contributed by atoms with Crippen LogP contribution in [-0.2, 0) is 35.5 Å². The van der Waals surface area contributed by atoms with Gasteiger partial charge in [0.15, 0.2) is 0 Å². The molecule has 0 aliphatic carbocycles. The molecule has 3 aromatic rings. The molecule has 0 saturated carbocycles. The average Bonchev–Trinajstić information content (AvgIpc) is 3.60. The van der Waals surface area contributed by atoms with E-state index < -0.39 is 0 Å². The Balaban J connectivity index is 1.48. The number of rotatable bonds is 7. The summed E-state index contributed by atoms with van der Waals surface area (Å²) >= 11 is 0. The number of carbonyl (C=O) groups is 2. The molecular formula is C25H33N7O3. The standard InChI is InChI=1S/C25H33N7O3/c1-17-4-5-19-20(32(17)25(34)35-2)6-7-21-23(19)28-22(9-13-30-11-3-10-27-30)31(21)15-14-29-12-8-18(16-29)24(26)33/h3,6-7,10-11,17-18H,4-5,8-9,12-16H2,1-2H3,(H2,26,33)/t17-,18-/m0/s1. The zero-order valence-corrected chi connectivity index (χ0v) is 20.4. The Bertz CT molecular complexity index is 1220. The SMILES string of the molecule is COC(=O)N1c2ccc3c(nc(CCn4cccn4)n3CCN3CC[C@H](C(N)=O)C3)c2CC[C@@H]1C. The van der Waals surface area contributed by atoms with Crippen LogP contribution in [0.2, 0.25) is 0 Å². The van der Waals surface area contributed by atoms with Gasteiger partial charge in [-0.1, -0.05) is 0 Å². The number of ether oxygens (including phenoxy) is 1. The van der Waals surface area contributed by atoms with E-state index in [1.165, 1.54) is 7.11 Å². The first-order valence-electron chi connectivity index (χ1n) is 12.3. The summed E-state index contributed by atoms with van der Waals surface area (Å²) in [5.74, 6) is 0.724. The monoisotopic (exact) mass is 479 g/mol. The molecule has 2 atom stereocenters.